The number of aromatic nitrogens is 5. The van der Waals surface area contributed by atoms with Crippen LogP contribution in [-0.2, 0) is 6.18 Å². The van der Waals surface area contributed by atoms with Crippen molar-refractivity contribution in [2.24, 2.45) is 0 Å². The molecule has 0 fully saturated rings. The van der Waals surface area contributed by atoms with Gasteiger partial charge in [0.1, 0.15) is 5.56 Å². The number of rotatable bonds is 6. The number of alkyl halides is 3. The van der Waals surface area contributed by atoms with Crippen LogP contribution in [0.1, 0.15) is 16.1 Å². The number of aromatic carboxylic acids is 1. The number of ether oxygens (including phenoxy) is 1. The van der Waals surface area contributed by atoms with Crippen LogP contribution in [-0.4, -0.2) is 42.9 Å². The number of carboxylic acid groups (broad SMARTS) is 1. The molecular formula is C22H14F3N7O3. The normalized spacial score (nSPS) is 11.1. The third-order valence-electron chi connectivity index (χ3n) is 4.68. The Bertz CT molecular complexity index is 1460. The number of carbonyl (C=O) groups is 1. The second kappa shape index (κ2) is 9.10. The van der Waals surface area contributed by atoms with Gasteiger partial charge < -0.3 is 15.2 Å². The largest absolute Gasteiger partial charge is 0.480 e. The molecule has 0 spiro atoms. The predicted molar refractivity (Wildman–Crippen MR) is 117 cm³/mol. The van der Waals surface area contributed by atoms with E-state index in [1.807, 2.05) is 0 Å². The van der Waals surface area contributed by atoms with Crippen molar-refractivity contribution in [1.29, 1.82) is 0 Å². The molecule has 10 nitrogen and oxygen atoms in total. The highest BCUT2D eigenvalue weighted by Gasteiger charge is 2.34. The minimum atomic E-state index is -4.68. The Morgan fingerprint density at radius 1 is 1.20 bits per heavy atom. The van der Waals surface area contributed by atoms with Gasteiger partial charge in [-0.25, -0.2) is 24.3 Å². The number of halogens is 3. The van der Waals surface area contributed by atoms with Gasteiger partial charge in [0.25, 0.3) is 0 Å². The third-order valence-corrected chi connectivity index (χ3v) is 4.68. The van der Waals surface area contributed by atoms with Crippen LogP contribution in [0.3, 0.4) is 0 Å². The minimum Gasteiger partial charge on any atom is -0.480 e. The van der Waals surface area contributed by atoms with Crippen molar-refractivity contribution in [2.45, 2.75) is 6.18 Å². The van der Waals surface area contributed by atoms with Crippen LogP contribution in [0.25, 0.3) is 21.8 Å². The summed E-state index contributed by atoms with van der Waals surface area (Å²) in [6.07, 6.45) is -1.02. The molecule has 4 aromatic rings. The maximum absolute atomic E-state index is 13.2. The summed E-state index contributed by atoms with van der Waals surface area (Å²) in [5.41, 5.74) is -0.179. The van der Waals surface area contributed by atoms with Crippen molar-refractivity contribution in [3.63, 3.8) is 0 Å². The molecule has 4 rings (SSSR count). The smallest absolute Gasteiger partial charge is 0.435 e. The molecule has 0 aliphatic heterocycles. The van der Waals surface area contributed by atoms with Crippen LogP contribution in [0.4, 0.5) is 30.5 Å². The zero-order chi connectivity index (χ0) is 25.2. The number of hydrogen-bond donors (Lipinski definition) is 2. The lowest BCUT2D eigenvalue weighted by atomic mass is 10.1. The van der Waals surface area contributed by atoms with E-state index in [9.17, 15) is 23.1 Å². The molecule has 0 radical (unpaired) electrons. The third kappa shape index (κ3) is 4.86. The first-order valence-electron chi connectivity index (χ1n) is 9.72. The molecule has 3 aromatic heterocycles. The van der Waals surface area contributed by atoms with Crippen LogP contribution in [0, 0.1) is 6.57 Å². The average molecular weight is 481 g/mol. The highest BCUT2D eigenvalue weighted by Crippen LogP contribution is 2.32. The number of nitrogens with one attached hydrogen (secondary N) is 1. The van der Waals surface area contributed by atoms with Gasteiger partial charge in [-0.05, 0) is 24.3 Å². The van der Waals surface area contributed by atoms with Gasteiger partial charge in [-0.1, -0.05) is 12.1 Å². The SMILES string of the molecule is [C-]#[N+]c1cccc(Nc2ncc(-c3cnc(OC)c(C(=O)O)c3)c(-n3ccc(C(F)(F)F)n3)n2)c1. The van der Waals surface area contributed by atoms with E-state index in [-0.39, 0.29) is 34.3 Å². The van der Waals surface area contributed by atoms with E-state index in [1.54, 1.807) is 24.3 Å². The Balaban J connectivity index is 1.85. The second-order valence-electron chi connectivity index (χ2n) is 6.95. The fourth-order valence-corrected chi connectivity index (χ4v) is 3.10. The molecule has 35 heavy (non-hydrogen) atoms. The van der Waals surface area contributed by atoms with Crippen molar-refractivity contribution in [2.75, 3.05) is 12.4 Å². The summed E-state index contributed by atoms with van der Waals surface area (Å²) in [5.74, 6) is -1.51. The van der Waals surface area contributed by atoms with E-state index in [0.717, 1.165) is 16.9 Å². The number of pyridine rings is 1. The van der Waals surface area contributed by atoms with Gasteiger partial charge in [-0.2, -0.15) is 23.3 Å². The maximum atomic E-state index is 13.2. The molecule has 13 heteroatoms. The summed E-state index contributed by atoms with van der Waals surface area (Å²) in [4.78, 5) is 27.4. The van der Waals surface area contributed by atoms with E-state index >= 15 is 0 Å². The molecular weight excluding hydrogens is 467 g/mol. The first-order valence-corrected chi connectivity index (χ1v) is 9.72. The number of anilines is 2. The molecule has 0 unspecified atom stereocenters. The number of methoxy groups -OCH3 is 1. The summed E-state index contributed by atoms with van der Waals surface area (Å²) in [6.45, 7) is 7.12. The highest BCUT2D eigenvalue weighted by molar-refractivity contribution is 5.92. The maximum Gasteiger partial charge on any atom is 0.435 e. The molecule has 0 amide bonds. The summed E-state index contributed by atoms with van der Waals surface area (Å²) >= 11 is 0. The van der Waals surface area contributed by atoms with E-state index < -0.39 is 17.8 Å². The monoisotopic (exact) mass is 481 g/mol. The summed E-state index contributed by atoms with van der Waals surface area (Å²) in [6, 6.07) is 8.49. The lowest BCUT2D eigenvalue weighted by Crippen LogP contribution is -2.10. The number of carboxylic acids is 1. The summed E-state index contributed by atoms with van der Waals surface area (Å²) < 4.78 is 45.4. The highest BCUT2D eigenvalue weighted by atomic mass is 19.4. The van der Waals surface area contributed by atoms with Gasteiger partial charge in [-0.3, -0.25) is 0 Å². The molecule has 2 N–H and O–H groups in total. The van der Waals surface area contributed by atoms with E-state index in [2.05, 4.69) is 30.2 Å². The molecule has 1 aromatic carbocycles. The Morgan fingerprint density at radius 2 is 2.00 bits per heavy atom. The molecule has 176 valence electrons. The predicted octanol–water partition coefficient (Wildman–Crippen LogP) is 4.74. The number of hydrogen-bond acceptors (Lipinski definition) is 7. The molecule has 0 atom stereocenters. The average Bonchev–Trinajstić information content (AvgIpc) is 3.35. The van der Waals surface area contributed by atoms with Crippen LogP contribution >= 0.6 is 0 Å². The Labute approximate surface area is 195 Å². The first kappa shape index (κ1) is 23.2. The van der Waals surface area contributed by atoms with Crippen molar-refractivity contribution >= 4 is 23.3 Å². The second-order valence-corrected chi connectivity index (χ2v) is 6.95. The Kier molecular flexibility index (Phi) is 6.03. The standard InChI is InChI=1S/C22H14F3N7O3/c1-26-13-4-3-5-14(9-13)29-21-28-11-16(12-8-15(20(33)34)19(35-2)27-10-12)18(30-21)32-7-6-17(31-32)22(23,24)25/h3-11H,2H3,(H,33,34)(H,28,29,30). The van der Waals surface area contributed by atoms with Crippen molar-refractivity contribution in [1.82, 2.24) is 24.7 Å². The fraction of sp³-hybridized carbons (Fsp3) is 0.0909. The molecule has 0 saturated heterocycles. The quantitative estimate of drug-likeness (QED) is 0.379. The van der Waals surface area contributed by atoms with Crippen molar-refractivity contribution in [3.8, 4) is 22.8 Å². The zero-order valence-electron chi connectivity index (χ0n) is 17.8. The number of nitrogens with zero attached hydrogens (tertiary/aromatic N) is 6. The zero-order valence-corrected chi connectivity index (χ0v) is 17.8. The summed E-state index contributed by atoms with van der Waals surface area (Å²) in [7, 11) is 1.26. The molecule has 0 aliphatic carbocycles. The van der Waals surface area contributed by atoms with Crippen LogP contribution in [0.5, 0.6) is 5.88 Å². The van der Waals surface area contributed by atoms with Gasteiger partial charge in [0.2, 0.25) is 11.8 Å². The van der Waals surface area contributed by atoms with Crippen molar-refractivity contribution < 1.29 is 27.8 Å². The van der Waals surface area contributed by atoms with E-state index in [0.29, 0.717) is 11.4 Å². The topological polar surface area (TPSA) is 119 Å². The molecule has 3 heterocycles. The van der Waals surface area contributed by atoms with Gasteiger partial charge in [0.15, 0.2) is 17.2 Å². The van der Waals surface area contributed by atoms with E-state index in [4.69, 9.17) is 11.3 Å². The van der Waals surface area contributed by atoms with Crippen molar-refractivity contribution in [3.05, 3.63) is 77.7 Å². The molecule has 0 saturated carbocycles. The Morgan fingerprint density at radius 3 is 2.66 bits per heavy atom. The van der Waals surface area contributed by atoms with Crippen LogP contribution in [0.2, 0.25) is 0 Å². The van der Waals surface area contributed by atoms with Gasteiger partial charge in [0, 0.05) is 35.4 Å². The summed E-state index contributed by atoms with van der Waals surface area (Å²) in [5, 5.41) is 15.9. The molecule has 0 bridgehead atoms. The van der Waals surface area contributed by atoms with Crippen LogP contribution in [0.15, 0.2) is 55.0 Å². The fourth-order valence-electron chi connectivity index (χ4n) is 3.10. The molecule has 0 aliphatic rings. The van der Waals surface area contributed by atoms with Gasteiger partial charge in [0.05, 0.1) is 13.7 Å². The lowest BCUT2D eigenvalue weighted by molar-refractivity contribution is -0.141. The number of benzene rings is 1. The van der Waals surface area contributed by atoms with Crippen LogP contribution < -0.4 is 10.1 Å². The van der Waals surface area contributed by atoms with Gasteiger partial charge >= 0.3 is 12.1 Å². The first-order chi connectivity index (χ1) is 16.7. The van der Waals surface area contributed by atoms with E-state index in [1.165, 1.54) is 25.6 Å². The Hall–Kier alpha value is -4.99. The minimum absolute atomic E-state index is 0.00914. The lowest BCUT2D eigenvalue weighted by Gasteiger charge is -2.13. The van der Waals surface area contributed by atoms with Gasteiger partial charge in [-0.15, -0.1) is 0 Å².